The van der Waals surface area contributed by atoms with E-state index in [1.165, 1.54) is 15.6 Å². The Morgan fingerprint density at radius 2 is 2.00 bits per heavy atom. The first kappa shape index (κ1) is 16.7. The summed E-state index contributed by atoms with van der Waals surface area (Å²) in [5.74, 6) is 0.715. The van der Waals surface area contributed by atoms with Gasteiger partial charge in [-0.2, -0.15) is 0 Å². The molecule has 19 heavy (non-hydrogen) atoms. The van der Waals surface area contributed by atoms with Crippen molar-refractivity contribution in [2.24, 2.45) is 5.92 Å². The number of halogens is 1. The minimum absolute atomic E-state index is 0.715. The lowest BCUT2D eigenvalue weighted by Crippen LogP contribution is -2.27. The molecule has 0 unspecified atom stereocenters. The van der Waals surface area contributed by atoms with Crippen LogP contribution in [-0.2, 0) is 13.1 Å². The van der Waals surface area contributed by atoms with Crippen molar-refractivity contribution in [3.63, 3.8) is 0 Å². The van der Waals surface area contributed by atoms with Crippen LogP contribution in [0.3, 0.4) is 0 Å². The lowest BCUT2D eigenvalue weighted by atomic mass is 10.1. The molecule has 0 bridgehead atoms. The van der Waals surface area contributed by atoms with Crippen LogP contribution in [0.2, 0.25) is 0 Å². The molecule has 0 aliphatic rings. The van der Waals surface area contributed by atoms with Crippen molar-refractivity contribution in [1.29, 1.82) is 0 Å². The molecule has 1 rings (SSSR count). The molecule has 1 N–H and O–H groups in total. The van der Waals surface area contributed by atoms with Crippen molar-refractivity contribution in [2.45, 2.75) is 40.8 Å². The number of nitrogens with one attached hydrogen (secondary N) is 1. The number of benzene rings is 1. The Hall–Kier alpha value is -0.380. The van der Waals surface area contributed by atoms with E-state index < -0.39 is 0 Å². The van der Waals surface area contributed by atoms with E-state index in [0.29, 0.717) is 5.92 Å². The Bertz CT molecular complexity index is 377. The van der Waals surface area contributed by atoms with Crippen molar-refractivity contribution in [1.82, 2.24) is 10.2 Å². The van der Waals surface area contributed by atoms with Gasteiger partial charge in [-0.3, -0.25) is 4.90 Å². The van der Waals surface area contributed by atoms with E-state index in [2.05, 4.69) is 72.0 Å². The zero-order valence-electron chi connectivity index (χ0n) is 12.7. The van der Waals surface area contributed by atoms with Crippen molar-refractivity contribution < 1.29 is 0 Å². The van der Waals surface area contributed by atoms with Gasteiger partial charge in [-0.25, -0.2) is 0 Å². The molecule has 0 fully saturated rings. The summed E-state index contributed by atoms with van der Waals surface area (Å²) in [6.45, 7) is 14.2. The van der Waals surface area contributed by atoms with Gasteiger partial charge in [-0.05, 0) is 36.2 Å². The lowest BCUT2D eigenvalue weighted by molar-refractivity contribution is 0.248. The first-order chi connectivity index (χ1) is 9.06. The molecule has 0 amide bonds. The van der Waals surface area contributed by atoms with Crippen LogP contribution in [0.5, 0.6) is 0 Å². The second kappa shape index (κ2) is 8.72. The highest BCUT2D eigenvalue weighted by Gasteiger charge is 2.09. The van der Waals surface area contributed by atoms with Crippen LogP contribution in [0.15, 0.2) is 22.7 Å². The van der Waals surface area contributed by atoms with E-state index in [1.807, 2.05) is 0 Å². The fourth-order valence-electron chi connectivity index (χ4n) is 2.16. The molecule has 3 heteroatoms. The van der Waals surface area contributed by atoms with Gasteiger partial charge in [-0.1, -0.05) is 55.8 Å². The second-order valence-corrected chi connectivity index (χ2v) is 6.28. The fraction of sp³-hybridized carbons (Fsp3) is 0.625. The Morgan fingerprint density at radius 3 is 2.53 bits per heavy atom. The van der Waals surface area contributed by atoms with Gasteiger partial charge in [0.2, 0.25) is 0 Å². The largest absolute Gasteiger partial charge is 0.313 e. The van der Waals surface area contributed by atoms with Crippen molar-refractivity contribution in [3.8, 4) is 0 Å². The second-order valence-electron chi connectivity index (χ2n) is 5.43. The minimum atomic E-state index is 0.715. The van der Waals surface area contributed by atoms with Crippen LogP contribution >= 0.6 is 15.9 Å². The molecule has 108 valence electrons. The lowest BCUT2D eigenvalue weighted by Gasteiger charge is -2.23. The average Bonchev–Trinajstić information content (AvgIpc) is 2.37. The number of nitrogens with zero attached hydrogens (tertiary/aromatic N) is 1. The quantitative estimate of drug-likeness (QED) is 0.775. The van der Waals surface area contributed by atoms with Crippen LogP contribution in [0.1, 0.15) is 38.8 Å². The molecule has 0 heterocycles. The normalized spacial score (nSPS) is 11.5. The maximum Gasteiger partial charge on any atom is 0.0244 e. The molecule has 0 spiro atoms. The van der Waals surface area contributed by atoms with Crippen molar-refractivity contribution in [2.75, 3.05) is 19.6 Å². The molecule has 0 aliphatic heterocycles. The zero-order chi connectivity index (χ0) is 14.3. The summed E-state index contributed by atoms with van der Waals surface area (Å²) in [6.07, 6.45) is 0. The minimum Gasteiger partial charge on any atom is -0.313 e. The zero-order valence-corrected chi connectivity index (χ0v) is 14.3. The summed E-state index contributed by atoms with van der Waals surface area (Å²) in [4.78, 5) is 2.49. The Kier molecular flexibility index (Phi) is 7.66. The molecular formula is C16H27BrN2. The van der Waals surface area contributed by atoms with Gasteiger partial charge in [0, 0.05) is 24.1 Å². The van der Waals surface area contributed by atoms with Gasteiger partial charge in [0.05, 0.1) is 0 Å². The maximum absolute atomic E-state index is 3.71. The predicted molar refractivity (Wildman–Crippen MR) is 87.3 cm³/mol. The molecule has 0 aromatic heterocycles. The van der Waals surface area contributed by atoms with Crippen LogP contribution in [-0.4, -0.2) is 24.5 Å². The monoisotopic (exact) mass is 326 g/mol. The SMILES string of the molecule is CCNCc1ccc(CN(CC)CC(C)C)c(Br)c1. The first-order valence-electron chi connectivity index (χ1n) is 7.27. The van der Waals surface area contributed by atoms with E-state index >= 15 is 0 Å². The Morgan fingerprint density at radius 1 is 1.26 bits per heavy atom. The fourth-order valence-corrected chi connectivity index (χ4v) is 2.71. The van der Waals surface area contributed by atoms with Crippen LogP contribution in [0.25, 0.3) is 0 Å². The van der Waals surface area contributed by atoms with Crippen LogP contribution < -0.4 is 5.32 Å². The molecule has 1 aromatic carbocycles. The van der Waals surface area contributed by atoms with Gasteiger partial charge in [0.25, 0.3) is 0 Å². The summed E-state index contributed by atoms with van der Waals surface area (Å²) in [5.41, 5.74) is 2.71. The van der Waals surface area contributed by atoms with E-state index in [-0.39, 0.29) is 0 Å². The van der Waals surface area contributed by atoms with Gasteiger partial charge >= 0.3 is 0 Å². The molecule has 0 saturated carbocycles. The van der Waals surface area contributed by atoms with Crippen LogP contribution in [0, 0.1) is 5.92 Å². The summed E-state index contributed by atoms with van der Waals surface area (Å²) in [7, 11) is 0. The Labute approximate surface area is 126 Å². The summed E-state index contributed by atoms with van der Waals surface area (Å²) >= 11 is 3.71. The van der Waals surface area contributed by atoms with Gasteiger partial charge in [0.1, 0.15) is 0 Å². The summed E-state index contributed by atoms with van der Waals surface area (Å²) in [5, 5.41) is 3.36. The topological polar surface area (TPSA) is 15.3 Å². The molecule has 0 atom stereocenters. The number of hydrogen-bond acceptors (Lipinski definition) is 2. The standard InChI is InChI=1S/C16H27BrN2/c1-5-18-10-14-7-8-15(16(17)9-14)12-19(6-2)11-13(3)4/h7-9,13,18H,5-6,10-12H2,1-4H3. The maximum atomic E-state index is 3.71. The van der Waals surface area contributed by atoms with E-state index in [4.69, 9.17) is 0 Å². The molecular weight excluding hydrogens is 300 g/mol. The van der Waals surface area contributed by atoms with Gasteiger partial charge in [0.15, 0.2) is 0 Å². The highest BCUT2D eigenvalue weighted by atomic mass is 79.9. The summed E-state index contributed by atoms with van der Waals surface area (Å²) in [6, 6.07) is 6.72. The third-order valence-corrected chi connectivity index (χ3v) is 3.90. The number of hydrogen-bond donors (Lipinski definition) is 1. The van der Waals surface area contributed by atoms with E-state index in [0.717, 1.165) is 32.7 Å². The van der Waals surface area contributed by atoms with Crippen molar-refractivity contribution >= 4 is 15.9 Å². The smallest absolute Gasteiger partial charge is 0.0244 e. The highest BCUT2D eigenvalue weighted by molar-refractivity contribution is 9.10. The third-order valence-electron chi connectivity index (χ3n) is 3.16. The molecule has 0 saturated heterocycles. The average molecular weight is 327 g/mol. The molecule has 2 nitrogen and oxygen atoms in total. The van der Waals surface area contributed by atoms with Crippen LogP contribution in [0.4, 0.5) is 0 Å². The Balaban J connectivity index is 2.67. The summed E-state index contributed by atoms with van der Waals surface area (Å²) < 4.78 is 1.23. The van der Waals surface area contributed by atoms with E-state index in [9.17, 15) is 0 Å². The predicted octanol–water partition coefficient (Wildman–Crippen LogP) is 4.04. The molecule has 0 aliphatic carbocycles. The number of rotatable bonds is 8. The molecule has 0 radical (unpaired) electrons. The first-order valence-corrected chi connectivity index (χ1v) is 8.06. The van der Waals surface area contributed by atoms with E-state index in [1.54, 1.807) is 0 Å². The third kappa shape index (κ3) is 6.07. The van der Waals surface area contributed by atoms with Crippen molar-refractivity contribution in [3.05, 3.63) is 33.8 Å². The van der Waals surface area contributed by atoms with Gasteiger partial charge < -0.3 is 5.32 Å². The van der Waals surface area contributed by atoms with Gasteiger partial charge in [-0.15, -0.1) is 0 Å². The highest BCUT2D eigenvalue weighted by Crippen LogP contribution is 2.20. The molecule has 1 aromatic rings.